The van der Waals surface area contributed by atoms with Crippen molar-refractivity contribution in [2.45, 2.75) is 25.9 Å². The molecule has 0 unspecified atom stereocenters. The first kappa shape index (κ1) is 16.1. The van der Waals surface area contributed by atoms with Crippen LogP contribution in [0.15, 0.2) is 36.5 Å². The molecule has 0 atom stereocenters. The normalized spacial score (nSPS) is 11.3. The number of hydrogen-bond donors (Lipinski definition) is 2. The second-order valence-corrected chi connectivity index (χ2v) is 4.71. The van der Waals surface area contributed by atoms with Gasteiger partial charge in [-0.2, -0.15) is 18.2 Å². The molecule has 0 saturated heterocycles. The van der Waals surface area contributed by atoms with Crippen molar-refractivity contribution < 1.29 is 13.2 Å². The third kappa shape index (κ3) is 4.34. The van der Waals surface area contributed by atoms with E-state index in [2.05, 4.69) is 27.5 Å². The number of unbranched alkanes of at least 4 members (excludes halogenated alkanes) is 1. The summed E-state index contributed by atoms with van der Waals surface area (Å²) in [5.74, 6) is 0.702. The number of aromatic nitrogens is 2. The summed E-state index contributed by atoms with van der Waals surface area (Å²) in [6.45, 7) is 2.79. The predicted molar refractivity (Wildman–Crippen MR) is 80.2 cm³/mol. The van der Waals surface area contributed by atoms with Crippen LogP contribution < -0.4 is 10.6 Å². The third-order valence-corrected chi connectivity index (χ3v) is 2.96. The zero-order chi connectivity index (χ0) is 16.0. The molecule has 0 fully saturated rings. The summed E-state index contributed by atoms with van der Waals surface area (Å²) in [6.07, 6.45) is -0.916. The molecule has 0 aliphatic carbocycles. The molecule has 2 aromatic rings. The molecule has 2 rings (SSSR count). The SMILES string of the molecule is CCCCNc1nccc(Nc2ccccc2C(F)(F)F)n1. The van der Waals surface area contributed by atoms with Gasteiger partial charge in [0.25, 0.3) is 0 Å². The van der Waals surface area contributed by atoms with E-state index in [0.29, 0.717) is 11.8 Å². The van der Waals surface area contributed by atoms with Crippen LogP contribution in [0.2, 0.25) is 0 Å². The first-order chi connectivity index (χ1) is 10.5. The summed E-state index contributed by atoms with van der Waals surface area (Å²) < 4.78 is 38.9. The van der Waals surface area contributed by atoms with E-state index >= 15 is 0 Å². The highest BCUT2D eigenvalue weighted by molar-refractivity contribution is 5.61. The van der Waals surface area contributed by atoms with Gasteiger partial charge in [0.1, 0.15) is 5.82 Å². The summed E-state index contributed by atoms with van der Waals surface area (Å²) >= 11 is 0. The number of nitrogens with one attached hydrogen (secondary N) is 2. The Hall–Kier alpha value is -2.31. The zero-order valence-electron chi connectivity index (χ0n) is 12.1. The zero-order valence-corrected chi connectivity index (χ0v) is 12.1. The first-order valence-corrected chi connectivity index (χ1v) is 7.01. The van der Waals surface area contributed by atoms with Crippen LogP contribution >= 0.6 is 0 Å². The van der Waals surface area contributed by atoms with Crippen LogP contribution in [0.3, 0.4) is 0 Å². The van der Waals surface area contributed by atoms with E-state index in [1.54, 1.807) is 6.07 Å². The van der Waals surface area contributed by atoms with Gasteiger partial charge in [-0.15, -0.1) is 0 Å². The van der Waals surface area contributed by atoms with E-state index in [1.807, 2.05) is 0 Å². The molecule has 1 heterocycles. The van der Waals surface area contributed by atoms with Crippen LogP contribution in [0.5, 0.6) is 0 Å². The van der Waals surface area contributed by atoms with Crippen LogP contribution in [0.4, 0.5) is 30.6 Å². The first-order valence-electron chi connectivity index (χ1n) is 7.01. The predicted octanol–water partition coefficient (Wildman–Crippen LogP) is 4.45. The van der Waals surface area contributed by atoms with Gasteiger partial charge in [0.15, 0.2) is 0 Å². The molecule has 1 aromatic heterocycles. The van der Waals surface area contributed by atoms with Crippen LogP contribution in [0, 0.1) is 0 Å². The average molecular weight is 310 g/mol. The Bertz CT molecular complexity index is 614. The number of para-hydroxylation sites is 1. The lowest BCUT2D eigenvalue weighted by Gasteiger charge is -2.14. The van der Waals surface area contributed by atoms with Crippen LogP contribution in [0.1, 0.15) is 25.3 Å². The molecule has 118 valence electrons. The molecule has 0 saturated carbocycles. The Morgan fingerprint density at radius 1 is 1.14 bits per heavy atom. The monoisotopic (exact) mass is 310 g/mol. The van der Waals surface area contributed by atoms with E-state index in [1.165, 1.54) is 24.4 Å². The Balaban J connectivity index is 2.16. The van der Waals surface area contributed by atoms with Gasteiger partial charge in [0, 0.05) is 12.7 Å². The van der Waals surface area contributed by atoms with Crippen LogP contribution in [0.25, 0.3) is 0 Å². The fraction of sp³-hybridized carbons (Fsp3) is 0.333. The summed E-state index contributed by atoms with van der Waals surface area (Å²) in [5.41, 5.74) is -0.762. The van der Waals surface area contributed by atoms with Gasteiger partial charge in [0.2, 0.25) is 5.95 Å². The third-order valence-electron chi connectivity index (χ3n) is 2.96. The smallest absolute Gasteiger partial charge is 0.354 e. The Morgan fingerprint density at radius 2 is 1.91 bits per heavy atom. The maximum absolute atomic E-state index is 13.0. The largest absolute Gasteiger partial charge is 0.418 e. The van der Waals surface area contributed by atoms with Crippen LogP contribution in [-0.4, -0.2) is 16.5 Å². The molecule has 22 heavy (non-hydrogen) atoms. The molecular weight excluding hydrogens is 293 g/mol. The van der Waals surface area contributed by atoms with Gasteiger partial charge < -0.3 is 10.6 Å². The van der Waals surface area contributed by atoms with E-state index in [9.17, 15) is 13.2 Å². The number of benzene rings is 1. The van der Waals surface area contributed by atoms with Crippen molar-refractivity contribution >= 4 is 17.5 Å². The molecule has 0 spiro atoms. The summed E-state index contributed by atoms with van der Waals surface area (Å²) in [4.78, 5) is 8.20. The van der Waals surface area contributed by atoms with E-state index in [4.69, 9.17) is 0 Å². The van der Waals surface area contributed by atoms with Gasteiger partial charge in [-0.1, -0.05) is 25.5 Å². The number of alkyl halides is 3. The summed E-state index contributed by atoms with van der Waals surface area (Å²) in [5, 5.41) is 5.73. The van der Waals surface area contributed by atoms with Crippen LogP contribution in [-0.2, 0) is 6.18 Å². The lowest BCUT2D eigenvalue weighted by atomic mass is 10.1. The number of nitrogens with zero attached hydrogens (tertiary/aromatic N) is 2. The average Bonchev–Trinajstić information content (AvgIpc) is 2.47. The van der Waals surface area contributed by atoms with Crippen molar-refractivity contribution in [3.8, 4) is 0 Å². The van der Waals surface area contributed by atoms with Gasteiger partial charge in [0.05, 0.1) is 11.3 Å². The molecule has 1 aromatic carbocycles. The molecule has 0 aliphatic heterocycles. The number of halogens is 3. The number of rotatable bonds is 6. The second kappa shape index (κ2) is 7.11. The Labute approximate surface area is 126 Å². The van der Waals surface area contributed by atoms with Gasteiger partial charge in [-0.25, -0.2) is 4.98 Å². The van der Waals surface area contributed by atoms with Crippen molar-refractivity contribution in [2.75, 3.05) is 17.2 Å². The van der Waals surface area contributed by atoms with Crippen molar-refractivity contribution in [3.05, 3.63) is 42.1 Å². The molecule has 0 radical (unpaired) electrons. The minimum absolute atomic E-state index is 0.0341. The van der Waals surface area contributed by atoms with Crippen molar-refractivity contribution in [1.82, 2.24) is 9.97 Å². The number of hydrogen-bond acceptors (Lipinski definition) is 4. The Morgan fingerprint density at radius 3 is 2.64 bits per heavy atom. The van der Waals surface area contributed by atoms with E-state index in [0.717, 1.165) is 25.5 Å². The molecule has 0 amide bonds. The fourth-order valence-corrected chi connectivity index (χ4v) is 1.87. The minimum atomic E-state index is -4.42. The maximum Gasteiger partial charge on any atom is 0.418 e. The maximum atomic E-state index is 13.0. The molecule has 4 nitrogen and oxygen atoms in total. The molecule has 0 aliphatic rings. The van der Waals surface area contributed by atoms with Gasteiger partial charge in [-0.3, -0.25) is 0 Å². The highest BCUT2D eigenvalue weighted by Gasteiger charge is 2.33. The lowest BCUT2D eigenvalue weighted by Crippen LogP contribution is -2.10. The molecular formula is C15H17F3N4. The quantitative estimate of drug-likeness (QED) is 0.774. The summed E-state index contributed by atoms with van der Waals surface area (Å²) in [6, 6.07) is 6.82. The Kier molecular flexibility index (Phi) is 5.19. The fourth-order valence-electron chi connectivity index (χ4n) is 1.87. The topological polar surface area (TPSA) is 49.8 Å². The molecule has 0 bridgehead atoms. The highest BCUT2D eigenvalue weighted by atomic mass is 19.4. The lowest BCUT2D eigenvalue weighted by molar-refractivity contribution is -0.136. The molecule has 7 heteroatoms. The van der Waals surface area contributed by atoms with Crippen molar-refractivity contribution in [2.24, 2.45) is 0 Å². The van der Waals surface area contributed by atoms with Crippen molar-refractivity contribution in [1.29, 1.82) is 0 Å². The minimum Gasteiger partial charge on any atom is -0.354 e. The van der Waals surface area contributed by atoms with E-state index < -0.39 is 11.7 Å². The van der Waals surface area contributed by atoms with Gasteiger partial charge in [-0.05, 0) is 24.6 Å². The number of anilines is 3. The van der Waals surface area contributed by atoms with Gasteiger partial charge >= 0.3 is 6.18 Å². The second-order valence-electron chi connectivity index (χ2n) is 4.71. The van der Waals surface area contributed by atoms with Crippen molar-refractivity contribution in [3.63, 3.8) is 0 Å². The standard InChI is InChI=1S/C15H17F3N4/c1-2-3-9-19-14-20-10-8-13(22-14)21-12-7-5-4-6-11(12)15(16,17)18/h4-8,10H,2-3,9H2,1H3,(H2,19,20,21,22). The molecule has 2 N–H and O–H groups in total. The van der Waals surface area contributed by atoms with E-state index in [-0.39, 0.29) is 5.69 Å². The summed E-state index contributed by atoms with van der Waals surface area (Å²) in [7, 11) is 0. The highest BCUT2D eigenvalue weighted by Crippen LogP contribution is 2.35.